The Balaban J connectivity index is 2.15. The molecule has 1 unspecified atom stereocenters. The molecule has 1 aliphatic heterocycles. The number of amides is 3. The van der Waals surface area contributed by atoms with Crippen LogP contribution in [0.15, 0.2) is 0 Å². The normalized spacial score (nSPS) is 26.1. The molecule has 20 heavy (non-hydrogen) atoms. The van der Waals surface area contributed by atoms with Crippen LogP contribution in [0.25, 0.3) is 0 Å². The van der Waals surface area contributed by atoms with E-state index in [0.717, 1.165) is 24.2 Å². The first kappa shape index (κ1) is 14.8. The topological polar surface area (TPSA) is 75.7 Å². The van der Waals surface area contributed by atoms with E-state index in [1.54, 1.807) is 0 Å². The number of hydrogen-bond acceptors (Lipinski definition) is 4. The number of rotatable bonds is 6. The summed E-state index contributed by atoms with van der Waals surface area (Å²) in [5.74, 6) is -0.176. The van der Waals surface area contributed by atoms with Gasteiger partial charge in [-0.1, -0.05) is 13.8 Å². The predicted octanol–water partition coefficient (Wildman–Crippen LogP) is 1.30. The summed E-state index contributed by atoms with van der Waals surface area (Å²) in [4.78, 5) is 36.9. The second-order valence-corrected chi connectivity index (χ2v) is 6.08. The van der Waals surface area contributed by atoms with Gasteiger partial charge in [0.15, 0.2) is 0 Å². The lowest BCUT2D eigenvalue weighted by Crippen LogP contribution is -2.49. The van der Waals surface area contributed by atoms with E-state index in [1.807, 2.05) is 0 Å². The summed E-state index contributed by atoms with van der Waals surface area (Å²) in [7, 11) is 1.24. The van der Waals surface area contributed by atoms with E-state index in [9.17, 15) is 14.4 Å². The second kappa shape index (κ2) is 5.42. The maximum atomic E-state index is 12.6. The highest BCUT2D eigenvalue weighted by Gasteiger charge is 2.58. The molecule has 1 saturated heterocycles. The van der Waals surface area contributed by atoms with Crippen molar-refractivity contribution in [3.8, 4) is 0 Å². The highest BCUT2D eigenvalue weighted by Crippen LogP contribution is 2.45. The molecular formula is C14H22N2O4. The van der Waals surface area contributed by atoms with Gasteiger partial charge in [-0.05, 0) is 37.5 Å². The fraction of sp³-hybridized carbons (Fsp3) is 0.786. The van der Waals surface area contributed by atoms with Crippen LogP contribution in [-0.4, -0.2) is 42.0 Å². The van der Waals surface area contributed by atoms with Gasteiger partial charge in [-0.15, -0.1) is 0 Å². The van der Waals surface area contributed by atoms with Gasteiger partial charge >= 0.3 is 12.0 Å². The molecule has 2 aliphatic rings. The number of carbonyl (C=O) groups is 3. The number of carbonyl (C=O) groups excluding carboxylic acids is 3. The van der Waals surface area contributed by atoms with Gasteiger partial charge in [-0.3, -0.25) is 14.5 Å². The molecule has 1 N–H and O–H groups in total. The maximum Gasteiger partial charge on any atom is 0.325 e. The second-order valence-electron chi connectivity index (χ2n) is 6.08. The summed E-state index contributed by atoms with van der Waals surface area (Å²) in [5.41, 5.74) is -0.796. The number of esters is 1. The van der Waals surface area contributed by atoms with Crippen LogP contribution in [0.2, 0.25) is 0 Å². The van der Waals surface area contributed by atoms with Crippen molar-refractivity contribution in [2.45, 2.75) is 45.1 Å². The van der Waals surface area contributed by atoms with Gasteiger partial charge in [0.25, 0.3) is 5.91 Å². The Labute approximate surface area is 118 Å². The smallest absolute Gasteiger partial charge is 0.325 e. The molecule has 1 atom stereocenters. The Hall–Kier alpha value is -1.59. The molecule has 6 heteroatoms. The molecule has 2 rings (SSSR count). The quantitative estimate of drug-likeness (QED) is 0.588. The van der Waals surface area contributed by atoms with Crippen LogP contribution in [0.3, 0.4) is 0 Å². The summed E-state index contributed by atoms with van der Waals surface area (Å²) < 4.78 is 4.54. The van der Waals surface area contributed by atoms with E-state index in [-0.39, 0.29) is 18.4 Å². The number of ether oxygens (including phenoxy) is 1. The number of nitrogens with zero attached hydrogens (tertiary/aromatic N) is 1. The van der Waals surface area contributed by atoms with Gasteiger partial charge in [-0.25, -0.2) is 4.79 Å². The molecule has 112 valence electrons. The molecule has 2 fully saturated rings. The minimum absolute atomic E-state index is 0.209. The molecule has 0 spiro atoms. The number of urea groups is 1. The van der Waals surface area contributed by atoms with Crippen LogP contribution in [0.4, 0.5) is 4.79 Å². The number of nitrogens with one attached hydrogen (secondary N) is 1. The predicted molar refractivity (Wildman–Crippen MR) is 71.8 cm³/mol. The van der Waals surface area contributed by atoms with Crippen molar-refractivity contribution >= 4 is 17.9 Å². The first-order valence-corrected chi connectivity index (χ1v) is 7.11. The van der Waals surface area contributed by atoms with Crippen LogP contribution < -0.4 is 5.32 Å². The first-order valence-electron chi connectivity index (χ1n) is 7.11. The third-order valence-electron chi connectivity index (χ3n) is 4.11. The molecule has 6 nitrogen and oxygen atoms in total. The summed E-state index contributed by atoms with van der Waals surface area (Å²) in [6.07, 6.45) is 3.42. The molecule has 0 aromatic rings. The molecule has 0 aromatic carbocycles. The lowest BCUT2D eigenvalue weighted by Gasteiger charge is -2.27. The molecule has 0 aromatic heterocycles. The van der Waals surface area contributed by atoms with Crippen molar-refractivity contribution in [2.24, 2.45) is 11.8 Å². The van der Waals surface area contributed by atoms with Gasteiger partial charge in [-0.2, -0.15) is 0 Å². The zero-order chi connectivity index (χ0) is 14.9. The van der Waals surface area contributed by atoms with Crippen molar-refractivity contribution in [3.63, 3.8) is 0 Å². The molecule has 1 heterocycles. The number of imide groups is 1. The Morgan fingerprint density at radius 2 is 2.10 bits per heavy atom. The zero-order valence-corrected chi connectivity index (χ0v) is 12.3. The maximum absolute atomic E-state index is 12.6. The highest BCUT2D eigenvalue weighted by molar-refractivity contribution is 6.09. The van der Waals surface area contributed by atoms with Gasteiger partial charge in [0.1, 0.15) is 12.1 Å². The fourth-order valence-corrected chi connectivity index (χ4v) is 2.72. The van der Waals surface area contributed by atoms with Gasteiger partial charge < -0.3 is 10.1 Å². The van der Waals surface area contributed by atoms with E-state index < -0.39 is 17.5 Å². The van der Waals surface area contributed by atoms with E-state index in [4.69, 9.17) is 0 Å². The lowest BCUT2D eigenvalue weighted by molar-refractivity contribution is -0.145. The van der Waals surface area contributed by atoms with Crippen LogP contribution in [0.5, 0.6) is 0 Å². The Kier molecular flexibility index (Phi) is 4.01. The summed E-state index contributed by atoms with van der Waals surface area (Å²) in [6.45, 7) is 3.87. The standard InChI is InChI=1S/C14H22N2O4/c1-9(2)6-7-14(10-4-5-10)12(18)16(13(19)15-14)8-11(17)20-3/h9-10H,4-8H2,1-3H3,(H,15,19). The minimum Gasteiger partial charge on any atom is -0.468 e. The fourth-order valence-electron chi connectivity index (χ4n) is 2.72. The van der Waals surface area contributed by atoms with E-state index >= 15 is 0 Å². The van der Waals surface area contributed by atoms with Crippen molar-refractivity contribution in [2.75, 3.05) is 13.7 Å². The van der Waals surface area contributed by atoms with Crippen LogP contribution in [0.1, 0.15) is 39.5 Å². The van der Waals surface area contributed by atoms with E-state index in [0.29, 0.717) is 12.3 Å². The van der Waals surface area contributed by atoms with Gasteiger partial charge in [0.2, 0.25) is 0 Å². The Morgan fingerprint density at radius 1 is 1.45 bits per heavy atom. The third kappa shape index (κ3) is 2.64. The Morgan fingerprint density at radius 3 is 2.60 bits per heavy atom. The van der Waals surface area contributed by atoms with Crippen molar-refractivity contribution < 1.29 is 19.1 Å². The van der Waals surface area contributed by atoms with Gasteiger partial charge in [0.05, 0.1) is 7.11 Å². The van der Waals surface area contributed by atoms with Crippen LogP contribution in [0, 0.1) is 11.8 Å². The molecule has 1 aliphatic carbocycles. The molecule has 0 radical (unpaired) electrons. The van der Waals surface area contributed by atoms with Crippen molar-refractivity contribution in [1.82, 2.24) is 10.2 Å². The largest absolute Gasteiger partial charge is 0.468 e. The molecule has 3 amide bonds. The van der Waals surface area contributed by atoms with Gasteiger partial charge in [0, 0.05) is 0 Å². The number of hydrogen-bond donors (Lipinski definition) is 1. The average Bonchev–Trinajstić information content (AvgIpc) is 3.20. The lowest BCUT2D eigenvalue weighted by atomic mass is 9.85. The molecule has 0 bridgehead atoms. The summed E-state index contributed by atoms with van der Waals surface area (Å²) in [6, 6.07) is -0.476. The SMILES string of the molecule is COC(=O)CN1C(=O)NC(CCC(C)C)(C2CC2)C1=O. The first-order chi connectivity index (χ1) is 9.40. The molecule has 1 saturated carbocycles. The van der Waals surface area contributed by atoms with Crippen LogP contribution in [-0.2, 0) is 14.3 Å². The monoisotopic (exact) mass is 282 g/mol. The minimum atomic E-state index is -0.796. The van der Waals surface area contributed by atoms with Crippen LogP contribution >= 0.6 is 0 Å². The molecular weight excluding hydrogens is 260 g/mol. The summed E-state index contributed by atoms with van der Waals surface area (Å²) in [5, 5.41) is 2.84. The highest BCUT2D eigenvalue weighted by atomic mass is 16.5. The van der Waals surface area contributed by atoms with E-state index in [2.05, 4.69) is 23.9 Å². The van der Waals surface area contributed by atoms with Crippen molar-refractivity contribution in [1.29, 1.82) is 0 Å². The zero-order valence-electron chi connectivity index (χ0n) is 12.3. The third-order valence-corrected chi connectivity index (χ3v) is 4.11. The van der Waals surface area contributed by atoms with Crippen molar-refractivity contribution in [3.05, 3.63) is 0 Å². The number of methoxy groups -OCH3 is 1. The Bertz CT molecular complexity index is 431. The van der Waals surface area contributed by atoms with E-state index in [1.165, 1.54) is 7.11 Å². The summed E-state index contributed by atoms with van der Waals surface area (Å²) >= 11 is 0. The average molecular weight is 282 g/mol.